The average molecular weight is 924 g/mol. The molecule has 6 aromatic carbocycles. The molecule has 0 atom stereocenters. The van der Waals surface area contributed by atoms with Crippen LogP contribution < -0.4 is 73.9 Å². The Morgan fingerprint density at radius 3 is 0.464 bits per heavy atom. The molecule has 0 aliphatic heterocycles. The summed E-state index contributed by atoms with van der Waals surface area (Å²) < 4.78 is 45.0. The number of halogens is 3. The minimum atomic E-state index is -2.37. The summed E-state index contributed by atoms with van der Waals surface area (Å²) in [5, 5.41) is 7.89. The van der Waals surface area contributed by atoms with E-state index in [9.17, 15) is 0 Å². The van der Waals surface area contributed by atoms with Crippen molar-refractivity contribution in [3.63, 3.8) is 0 Å². The second kappa shape index (κ2) is 39.7. The van der Waals surface area contributed by atoms with Crippen LogP contribution in [-0.2, 0) is 62.1 Å². The minimum Gasteiger partial charge on any atom is -1.00 e. The first-order valence-corrected chi connectivity index (χ1v) is 18.1. The van der Waals surface area contributed by atoms with Gasteiger partial charge in [0.2, 0.25) is 14.8 Å². The molecule has 0 heterocycles. The largest absolute Gasteiger partial charge is 1.00 e. The van der Waals surface area contributed by atoms with Crippen molar-refractivity contribution in [1.82, 2.24) is 4.86 Å². The average Bonchev–Trinajstić information content (AvgIpc) is 3.28. The van der Waals surface area contributed by atoms with Gasteiger partial charge in [-0.15, -0.1) is 0 Å². The Hall–Kier alpha value is -3.51. The molecule has 14 heteroatoms. The molecule has 0 aliphatic rings. The zero-order valence-corrected chi connectivity index (χ0v) is 35.5. The van der Waals surface area contributed by atoms with E-state index >= 15 is 0 Å². The molecule has 56 heavy (non-hydrogen) atoms. The summed E-state index contributed by atoms with van der Waals surface area (Å²) in [5.74, 6) is 0. The van der Waals surface area contributed by atoms with Crippen molar-refractivity contribution in [2.24, 2.45) is 0 Å². The van der Waals surface area contributed by atoms with E-state index in [0.717, 1.165) is 0 Å². The first kappa shape index (κ1) is 64.4. The third kappa shape index (κ3) is 16.5. The third-order valence-corrected chi connectivity index (χ3v) is 16.0. The second-order valence-corrected chi connectivity index (χ2v) is 16.0. The van der Waals surface area contributed by atoms with Crippen molar-refractivity contribution in [3.8, 4) is 0 Å². The minimum absolute atomic E-state index is 0. The molecule has 6 aromatic rings. The maximum atomic E-state index is 7.50. The second-order valence-electron chi connectivity index (χ2n) is 9.45. The molecule has 0 saturated carbocycles. The zero-order chi connectivity index (χ0) is 38.4. The van der Waals surface area contributed by atoms with Crippen LogP contribution in [0.25, 0.3) is 0 Å². The molecule has 2 radical (unpaired) electrons. The number of nitrogens with one attached hydrogen (secondary N) is 1. The summed E-state index contributed by atoms with van der Waals surface area (Å²) >= 11 is 0. The Bertz CT molecular complexity index is 1560. The van der Waals surface area contributed by atoms with Gasteiger partial charge in [-0.2, -0.15) is 0 Å². The molecule has 0 aromatic heterocycles. The Labute approximate surface area is 370 Å². The topological polar surface area (TPSA) is 131 Å². The maximum absolute atomic E-state index is 7.50. The molecule has 0 unspecified atom stereocenters. The van der Waals surface area contributed by atoms with Gasteiger partial charge in [0.25, 0.3) is 0 Å². The van der Waals surface area contributed by atoms with Crippen LogP contribution in [0.2, 0.25) is 0 Å². The molecular weight excluding hydrogens is 893 g/mol. The van der Waals surface area contributed by atoms with Gasteiger partial charge in [-0.25, -0.2) is 0 Å². The predicted molar refractivity (Wildman–Crippen MR) is 197 cm³/mol. The molecule has 0 amide bonds. The predicted octanol–water partition coefficient (Wildman–Crippen LogP) is -2.82. The molecule has 0 aliphatic carbocycles. The van der Waals surface area contributed by atoms with Crippen molar-refractivity contribution in [2.75, 3.05) is 0 Å². The molecule has 0 bridgehead atoms. The summed E-state index contributed by atoms with van der Waals surface area (Å²) in [6.45, 7) is 27.0. The summed E-state index contributed by atoms with van der Waals surface area (Å²) in [4.78, 5) is 4.60. The molecule has 286 valence electrons. The monoisotopic (exact) mass is 922 g/mol. The smallest absolute Gasteiger partial charge is 0.216 e. The van der Waals surface area contributed by atoms with Crippen LogP contribution >= 0.6 is 14.8 Å². The van der Waals surface area contributed by atoms with Gasteiger partial charge < -0.3 is 37.2 Å². The van der Waals surface area contributed by atoms with Crippen molar-refractivity contribution < 1.29 is 99.3 Å². The van der Waals surface area contributed by atoms with E-state index in [0.29, 0.717) is 0 Å². The van der Waals surface area contributed by atoms with Gasteiger partial charge in [0.05, 0.1) is 0 Å². The van der Waals surface area contributed by atoms with Crippen molar-refractivity contribution in [2.45, 2.75) is 0 Å². The third-order valence-electron chi connectivity index (χ3n) is 7.16. The van der Waals surface area contributed by atoms with Crippen molar-refractivity contribution in [1.29, 1.82) is 0 Å². The van der Waals surface area contributed by atoms with Crippen LogP contribution in [0.4, 0.5) is 0 Å². The molecule has 0 fully saturated rings. The molecule has 0 saturated heterocycles. The molecular formula is C42H31Cl3Mn2NO6P2-. The van der Waals surface area contributed by atoms with E-state index in [1.54, 1.807) is 0 Å². The zero-order valence-electron chi connectivity index (χ0n) is 29.1. The Balaban J connectivity index is -0.000000337. The summed E-state index contributed by atoms with van der Waals surface area (Å²) in [5.41, 5.74) is 0. The van der Waals surface area contributed by atoms with Gasteiger partial charge in [0.1, 0.15) is 31.8 Å². The molecule has 1 N–H and O–H groups in total. The fourth-order valence-electron chi connectivity index (χ4n) is 5.38. The van der Waals surface area contributed by atoms with Gasteiger partial charge in [-0.05, 0) is 77.7 Å². The summed E-state index contributed by atoms with van der Waals surface area (Å²) in [7, 11) is -4.74. The standard InChI is InChI=1S/C36H31NP2.6CO.3ClH.2Mn/c1-7-19-31(20-8-1)38(32-21-9-2-10-22-32,33-23-11-3-12-24-33)37-39(34-25-13-4-14-26-34,35-27-15-5-16-28-35)36-29-17-6-18-30-36;6*1-2;;;;;/h1-30,37H;;;;;;;3*1H;;/q+2;;;;;;;;;;;/p-3. The Morgan fingerprint density at radius 2 is 0.357 bits per heavy atom. The van der Waals surface area contributed by atoms with E-state index < -0.39 is 14.8 Å². The van der Waals surface area contributed by atoms with E-state index in [1.165, 1.54) is 31.8 Å². The van der Waals surface area contributed by atoms with Crippen molar-refractivity contribution in [3.05, 3.63) is 222 Å². The Kier molecular flexibility index (Phi) is 45.7. The van der Waals surface area contributed by atoms with Gasteiger partial charge >= 0.3 is 67.8 Å². The van der Waals surface area contributed by atoms with Crippen LogP contribution in [0.5, 0.6) is 0 Å². The van der Waals surface area contributed by atoms with Crippen LogP contribution in [-0.4, -0.2) is 0 Å². The van der Waals surface area contributed by atoms with E-state index in [1.807, 2.05) is 0 Å². The quantitative estimate of drug-likeness (QED) is 0.0752. The first-order chi connectivity index (χ1) is 25.3. The van der Waals surface area contributed by atoms with Crippen LogP contribution in [0, 0.1) is 39.9 Å². The van der Waals surface area contributed by atoms with E-state index in [4.69, 9.17) is 27.9 Å². The summed E-state index contributed by atoms with van der Waals surface area (Å²) in [6, 6.07) is 66.4. The normalized spacial score (nSPS) is 8.36. The van der Waals surface area contributed by atoms with Gasteiger partial charge in [0.15, 0.2) is 0 Å². The first-order valence-electron chi connectivity index (χ1n) is 14.5. The van der Waals surface area contributed by atoms with Crippen LogP contribution in [0.1, 0.15) is 0 Å². The fourth-order valence-corrected chi connectivity index (χ4v) is 15.5. The Morgan fingerprint density at radius 1 is 0.250 bits per heavy atom. The number of benzene rings is 6. The fraction of sp³-hybridized carbons (Fsp3) is 0. The molecule has 7 nitrogen and oxygen atoms in total. The summed E-state index contributed by atoms with van der Waals surface area (Å²) in [6.07, 6.45) is 0. The van der Waals surface area contributed by atoms with Crippen LogP contribution in [0.15, 0.2) is 182 Å². The van der Waals surface area contributed by atoms with E-state index in [-0.39, 0.29) is 71.4 Å². The van der Waals surface area contributed by atoms with Gasteiger partial charge in [-0.1, -0.05) is 109 Å². The number of hydrogen-bond acceptors (Lipinski definition) is 1. The SMILES string of the molecule is [C-]#[O+].[C-]#[O+].[C-]#[O+].[C-]#[O+].[C-]#[O+].[C-]#[O+].[Cl-].[Cl-].[Cl-].[Mn].[Mn].c1ccc([P+](N[P+](c2ccccc2)(c2ccccc2)c2ccccc2)(c2ccccc2)c2ccccc2)cc1. The van der Waals surface area contributed by atoms with Crippen molar-refractivity contribution >= 4 is 46.7 Å². The number of hydrogen-bond donors (Lipinski definition) is 1. The molecule has 0 spiro atoms. The van der Waals surface area contributed by atoms with Gasteiger partial charge in [0, 0.05) is 34.1 Å². The van der Waals surface area contributed by atoms with Crippen LogP contribution in [0.3, 0.4) is 0 Å². The van der Waals surface area contributed by atoms with Gasteiger partial charge in [-0.3, -0.25) is 0 Å². The van der Waals surface area contributed by atoms with E-state index in [2.05, 4.69) is 227 Å². The maximum Gasteiger partial charge on any atom is 0.216 e. The number of rotatable bonds is 8. The molecule has 6 rings (SSSR count).